The van der Waals surface area contributed by atoms with Crippen molar-refractivity contribution < 1.29 is 4.92 Å². The van der Waals surface area contributed by atoms with Crippen molar-refractivity contribution in [3.05, 3.63) is 76.0 Å². The van der Waals surface area contributed by atoms with Gasteiger partial charge in [-0.05, 0) is 29.1 Å². The zero-order chi connectivity index (χ0) is 14.8. The Morgan fingerprint density at radius 1 is 1.14 bits per heavy atom. The maximum absolute atomic E-state index is 10.6. The third kappa shape index (κ3) is 2.47. The van der Waals surface area contributed by atoms with E-state index >= 15 is 0 Å². The summed E-state index contributed by atoms with van der Waals surface area (Å²) in [6, 6.07) is 16.2. The number of non-ortho nitro benzene ring substituents is 1. The van der Waals surface area contributed by atoms with E-state index in [4.69, 9.17) is 5.26 Å². The van der Waals surface area contributed by atoms with Gasteiger partial charge in [-0.3, -0.25) is 10.1 Å². The average molecular weight is 277 g/mol. The van der Waals surface area contributed by atoms with Crippen LogP contribution in [0.2, 0.25) is 0 Å². The van der Waals surface area contributed by atoms with Crippen molar-refractivity contribution in [1.29, 1.82) is 5.26 Å². The van der Waals surface area contributed by atoms with E-state index in [-0.39, 0.29) is 5.69 Å². The van der Waals surface area contributed by atoms with Gasteiger partial charge in [0.2, 0.25) is 0 Å². The van der Waals surface area contributed by atoms with Gasteiger partial charge in [0.1, 0.15) is 0 Å². The topological polar surface area (TPSA) is 71.9 Å². The zero-order valence-electron chi connectivity index (χ0n) is 11.1. The molecule has 3 rings (SSSR count). The summed E-state index contributed by atoms with van der Waals surface area (Å²) < 4.78 is 2.03. The van der Waals surface area contributed by atoms with E-state index in [2.05, 4.69) is 6.07 Å². The lowest BCUT2D eigenvalue weighted by atomic mass is 10.1. The molecule has 5 nitrogen and oxygen atoms in total. The summed E-state index contributed by atoms with van der Waals surface area (Å²) in [6.45, 7) is 0.608. The molecular weight excluding hydrogens is 266 g/mol. The molecule has 0 saturated heterocycles. The molecule has 0 fully saturated rings. The Kier molecular flexibility index (Phi) is 3.13. The molecule has 1 heterocycles. The number of nitriles is 1. The largest absolute Gasteiger partial charge is 0.343 e. The Hall–Kier alpha value is -3.13. The van der Waals surface area contributed by atoms with Crippen LogP contribution in [0.3, 0.4) is 0 Å². The number of fused-ring (bicyclic) bond motifs is 1. The molecule has 0 amide bonds. The number of hydrogen-bond donors (Lipinski definition) is 0. The van der Waals surface area contributed by atoms with Crippen LogP contribution in [-0.4, -0.2) is 9.49 Å². The second-order valence-electron chi connectivity index (χ2n) is 4.75. The minimum atomic E-state index is -0.409. The minimum absolute atomic E-state index is 0.0860. The van der Waals surface area contributed by atoms with E-state index in [0.29, 0.717) is 12.1 Å². The van der Waals surface area contributed by atoms with Crippen molar-refractivity contribution in [1.82, 2.24) is 4.57 Å². The summed E-state index contributed by atoms with van der Waals surface area (Å²) in [5.41, 5.74) is 2.65. The van der Waals surface area contributed by atoms with Crippen molar-refractivity contribution in [2.45, 2.75) is 6.54 Å². The van der Waals surface area contributed by atoms with Gasteiger partial charge in [-0.1, -0.05) is 18.2 Å². The van der Waals surface area contributed by atoms with Crippen LogP contribution in [-0.2, 0) is 6.54 Å². The molecule has 3 aromatic rings. The van der Waals surface area contributed by atoms with E-state index < -0.39 is 4.92 Å². The molecule has 1 aromatic heterocycles. The smallest absolute Gasteiger partial charge is 0.269 e. The molecule has 0 saturated carbocycles. The van der Waals surface area contributed by atoms with Gasteiger partial charge in [-0.2, -0.15) is 5.26 Å². The molecule has 0 bridgehead atoms. The number of rotatable bonds is 3. The fourth-order valence-electron chi connectivity index (χ4n) is 2.31. The summed E-state index contributed by atoms with van der Waals surface area (Å²) in [7, 11) is 0. The molecule has 0 atom stereocenters. The van der Waals surface area contributed by atoms with Crippen LogP contribution < -0.4 is 0 Å². The first-order valence-corrected chi connectivity index (χ1v) is 6.40. The van der Waals surface area contributed by atoms with E-state index in [1.807, 2.05) is 29.0 Å². The molecule has 102 valence electrons. The minimum Gasteiger partial charge on any atom is -0.343 e. The third-order valence-electron chi connectivity index (χ3n) is 3.40. The van der Waals surface area contributed by atoms with Gasteiger partial charge in [-0.15, -0.1) is 0 Å². The van der Waals surface area contributed by atoms with E-state index in [1.165, 1.54) is 12.1 Å². The first kappa shape index (κ1) is 12.9. The first-order chi connectivity index (χ1) is 10.2. The predicted molar refractivity (Wildman–Crippen MR) is 78.9 cm³/mol. The van der Waals surface area contributed by atoms with Crippen molar-refractivity contribution in [2.75, 3.05) is 0 Å². The fourth-order valence-corrected chi connectivity index (χ4v) is 2.31. The summed E-state index contributed by atoms with van der Waals surface area (Å²) >= 11 is 0. The standard InChI is InChI=1S/C16H11N3O2/c17-10-13-1-4-14-7-8-18(16(14)9-13)11-12-2-5-15(6-3-12)19(20)21/h1-9H,11H2. The third-order valence-corrected chi connectivity index (χ3v) is 3.40. The molecule has 0 radical (unpaired) electrons. The van der Waals surface area contributed by atoms with Crippen LogP contribution in [0.25, 0.3) is 10.9 Å². The van der Waals surface area contributed by atoms with Crippen molar-refractivity contribution >= 4 is 16.6 Å². The fraction of sp³-hybridized carbons (Fsp3) is 0.0625. The highest BCUT2D eigenvalue weighted by Crippen LogP contribution is 2.20. The molecule has 21 heavy (non-hydrogen) atoms. The van der Waals surface area contributed by atoms with Crippen molar-refractivity contribution in [3.63, 3.8) is 0 Å². The average Bonchev–Trinajstić information content (AvgIpc) is 2.90. The number of nitro benzene ring substituents is 1. The summed E-state index contributed by atoms with van der Waals surface area (Å²) in [5.74, 6) is 0. The second kappa shape index (κ2) is 5.10. The summed E-state index contributed by atoms with van der Waals surface area (Å²) in [6.07, 6.45) is 1.95. The lowest BCUT2D eigenvalue weighted by Crippen LogP contribution is -1.98. The van der Waals surface area contributed by atoms with Gasteiger partial charge in [0.15, 0.2) is 0 Å². The Morgan fingerprint density at radius 2 is 1.90 bits per heavy atom. The van der Waals surface area contributed by atoms with Crippen molar-refractivity contribution in [3.8, 4) is 6.07 Å². The Balaban J connectivity index is 1.94. The maximum Gasteiger partial charge on any atom is 0.269 e. The van der Waals surface area contributed by atoms with Gasteiger partial charge in [0, 0.05) is 30.4 Å². The SMILES string of the molecule is N#Cc1ccc2ccn(Cc3ccc([N+](=O)[O-])cc3)c2c1. The second-order valence-corrected chi connectivity index (χ2v) is 4.75. The van der Waals surface area contributed by atoms with Gasteiger partial charge < -0.3 is 4.57 Å². The molecule has 0 aliphatic rings. The first-order valence-electron chi connectivity index (χ1n) is 6.40. The van der Waals surface area contributed by atoms with Crippen LogP contribution in [0, 0.1) is 21.4 Å². The number of hydrogen-bond acceptors (Lipinski definition) is 3. The van der Waals surface area contributed by atoms with Crippen LogP contribution in [0.1, 0.15) is 11.1 Å². The molecule has 0 unspecified atom stereocenters. The maximum atomic E-state index is 10.6. The molecule has 0 spiro atoms. The van der Waals surface area contributed by atoms with Gasteiger partial charge in [0.05, 0.1) is 16.6 Å². The molecule has 2 aromatic carbocycles. The predicted octanol–water partition coefficient (Wildman–Crippen LogP) is 3.47. The molecular formula is C16H11N3O2. The van der Waals surface area contributed by atoms with E-state index in [0.717, 1.165) is 16.5 Å². The highest BCUT2D eigenvalue weighted by Gasteiger charge is 2.06. The zero-order valence-corrected chi connectivity index (χ0v) is 11.1. The highest BCUT2D eigenvalue weighted by molar-refractivity contribution is 5.81. The lowest BCUT2D eigenvalue weighted by molar-refractivity contribution is -0.384. The molecule has 0 aliphatic heterocycles. The molecule has 5 heteroatoms. The Bertz CT molecular complexity index is 857. The van der Waals surface area contributed by atoms with E-state index in [1.54, 1.807) is 18.2 Å². The van der Waals surface area contributed by atoms with E-state index in [9.17, 15) is 10.1 Å². The van der Waals surface area contributed by atoms with Crippen LogP contribution >= 0.6 is 0 Å². The number of nitrogens with zero attached hydrogens (tertiary/aromatic N) is 3. The van der Waals surface area contributed by atoms with Crippen molar-refractivity contribution in [2.24, 2.45) is 0 Å². The molecule has 0 aliphatic carbocycles. The quantitative estimate of drug-likeness (QED) is 0.543. The van der Waals surface area contributed by atoms with Gasteiger partial charge in [0.25, 0.3) is 5.69 Å². The summed E-state index contributed by atoms with van der Waals surface area (Å²) in [5, 5.41) is 20.7. The Morgan fingerprint density at radius 3 is 2.57 bits per heavy atom. The number of aromatic nitrogens is 1. The van der Waals surface area contributed by atoms with Gasteiger partial charge in [-0.25, -0.2) is 0 Å². The van der Waals surface area contributed by atoms with Crippen LogP contribution in [0.4, 0.5) is 5.69 Å². The van der Waals surface area contributed by atoms with Crippen LogP contribution in [0.15, 0.2) is 54.7 Å². The number of nitro groups is 1. The van der Waals surface area contributed by atoms with Crippen LogP contribution in [0.5, 0.6) is 0 Å². The molecule has 0 N–H and O–H groups in total. The Labute approximate surface area is 120 Å². The monoisotopic (exact) mass is 277 g/mol. The number of benzene rings is 2. The van der Waals surface area contributed by atoms with Gasteiger partial charge >= 0.3 is 0 Å². The lowest BCUT2D eigenvalue weighted by Gasteiger charge is -2.06. The highest BCUT2D eigenvalue weighted by atomic mass is 16.6. The normalized spacial score (nSPS) is 10.4. The summed E-state index contributed by atoms with van der Waals surface area (Å²) in [4.78, 5) is 10.2.